The van der Waals surface area contributed by atoms with Gasteiger partial charge < -0.3 is 45.8 Å². The summed E-state index contributed by atoms with van der Waals surface area (Å²) in [5.41, 5.74) is 0.529. The number of amides is 6. The van der Waals surface area contributed by atoms with E-state index in [1.807, 2.05) is 90.4 Å². The Morgan fingerprint density at radius 1 is 0.767 bits per heavy atom. The zero-order chi connectivity index (χ0) is 54.6. The first kappa shape index (κ1) is 59.0. The lowest BCUT2D eigenvalue weighted by Gasteiger charge is -2.37. The van der Waals surface area contributed by atoms with Crippen LogP contribution in [0.5, 0.6) is 5.75 Å². The second-order valence-corrected chi connectivity index (χ2v) is 21.1. The van der Waals surface area contributed by atoms with E-state index in [-0.39, 0.29) is 61.8 Å². The fraction of sp³-hybridized carbons (Fsp3) is 0.556. The number of carbonyl (C=O) groups excluding carboxylic acids is 6. The van der Waals surface area contributed by atoms with Gasteiger partial charge in [-0.25, -0.2) is 0 Å². The summed E-state index contributed by atoms with van der Waals surface area (Å²) < 4.78 is 2.03. The Morgan fingerprint density at radius 3 is 1.96 bits per heavy atom. The van der Waals surface area contributed by atoms with Crippen LogP contribution in [-0.4, -0.2) is 128 Å². The monoisotopic (exact) mass is 1010 g/mol. The number of rotatable bonds is 15. The highest BCUT2D eigenvalue weighted by atomic mass is 16.6. The van der Waals surface area contributed by atoms with E-state index in [4.69, 9.17) is 0 Å². The molecule has 0 bridgehead atoms. The number of likely N-dealkylation sites (N-methyl/N-ethyl adjacent to an activating group) is 2. The van der Waals surface area contributed by atoms with Gasteiger partial charge in [-0.2, -0.15) is 0 Å². The third-order valence-electron chi connectivity index (χ3n) is 13.4. The molecule has 7 N–H and O–H groups in total. The van der Waals surface area contributed by atoms with Gasteiger partial charge in [0.2, 0.25) is 35.4 Å². The van der Waals surface area contributed by atoms with E-state index < -0.39 is 106 Å². The lowest BCUT2D eigenvalue weighted by molar-refractivity contribution is -0.385. The number of aliphatic hydroxyl groups excluding tert-OH is 1. The zero-order valence-corrected chi connectivity index (χ0v) is 44.6. The predicted molar refractivity (Wildman–Crippen MR) is 281 cm³/mol. The third kappa shape index (κ3) is 15.5. The number of nitrogens with one attached hydrogen (secondary N) is 5. The van der Waals surface area contributed by atoms with Crippen molar-refractivity contribution in [1.29, 1.82) is 0 Å². The van der Waals surface area contributed by atoms with Crippen LogP contribution in [0.3, 0.4) is 0 Å². The molecule has 1 aromatic heterocycles. The molecule has 1 fully saturated rings. The number of aliphatic hydroxyl groups is 1. The van der Waals surface area contributed by atoms with Crippen molar-refractivity contribution in [3.63, 3.8) is 0 Å². The van der Waals surface area contributed by atoms with Crippen LogP contribution in [0.15, 0.2) is 73.5 Å². The standard InChI is InChI=1S/C54H79N9O10/c1-14-16-20-38-47(65)59-41(29-36-30-62(54(10,11)15-2)42-21-18-17-19-37(36)42)53(71)61(13)45(26-33(7)8)51(69)58-40(27-35-22-23-46(64)43(28-35)63(72)73)48(66)55-34(9)52(70)60(12)44(25-32(5)6)50(68)57-39(24-31(3)4)49(67)56-38/h14-19,21-23,28,30-34,38-41,44-45,50,57,64,68H,2,20,24-27,29H2,1,3-13H3,(H,55,66)(H,56,67)(H,58,69)(H,59,65)/b16-14+/t34-,38?,39-,40-,41-,44-,45-,50?/m0/s1. The van der Waals surface area contributed by atoms with Crippen molar-refractivity contribution < 1.29 is 43.9 Å². The first-order valence-electron chi connectivity index (χ1n) is 25.2. The normalized spacial score (nSPS) is 23.9. The molecule has 0 saturated carbocycles. The Bertz CT molecular complexity index is 2500. The average molecular weight is 1010 g/mol. The second-order valence-electron chi connectivity index (χ2n) is 21.1. The first-order valence-corrected chi connectivity index (χ1v) is 25.2. The molecule has 400 valence electrons. The van der Waals surface area contributed by atoms with Gasteiger partial charge in [0.05, 0.1) is 22.5 Å². The number of allylic oxidation sites excluding steroid dienone is 2. The van der Waals surface area contributed by atoms with Crippen molar-refractivity contribution in [1.82, 2.24) is 41.0 Å². The summed E-state index contributed by atoms with van der Waals surface area (Å²) in [4.78, 5) is 102. The maximum atomic E-state index is 15.3. The molecule has 2 heterocycles. The van der Waals surface area contributed by atoms with Crippen LogP contribution in [0.4, 0.5) is 5.69 Å². The van der Waals surface area contributed by atoms with Crippen LogP contribution in [0, 0.1) is 27.9 Å². The van der Waals surface area contributed by atoms with E-state index in [2.05, 4.69) is 33.2 Å². The summed E-state index contributed by atoms with van der Waals surface area (Å²) in [6, 6.07) is 2.65. The van der Waals surface area contributed by atoms with Crippen LogP contribution < -0.4 is 26.6 Å². The number of nitro groups is 1. The van der Waals surface area contributed by atoms with E-state index in [9.17, 15) is 44.3 Å². The number of fused-ring (bicyclic) bond motifs is 1. The summed E-state index contributed by atoms with van der Waals surface area (Å²) in [7, 11) is 2.91. The number of hydrogen-bond acceptors (Lipinski definition) is 11. The minimum Gasteiger partial charge on any atom is -0.502 e. The second kappa shape index (κ2) is 25.9. The van der Waals surface area contributed by atoms with Crippen LogP contribution in [0.25, 0.3) is 10.9 Å². The molecular formula is C54H79N9O10. The van der Waals surface area contributed by atoms with Crippen molar-refractivity contribution in [2.75, 3.05) is 14.1 Å². The number of aromatic hydroxyl groups is 1. The Balaban J connectivity index is 1.97. The van der Waals surface area contributed by atoms with Crippen molar-refractivity contribution in [3.05, 3.63) is 94.7 Å². The average Bonchev–Trinajstić information content (AvgIpc) is 3.70. The molecule has 0 radical (unpaired) electrons. The molecule has 0 aliphatic carbocycles. The molecule has 6 amide bonds. The van der Waals surface area contributed by atoms with Crippen molar-refractivity contribution in [2.45, 2.75) is 162 Å². The number of nitro benzene ring substituents is 1. The van der Waals surface area contributed by atoms with Gasteiger partial charge in [0.1, 0.15) is 36.4 Å². The molecule has 4 rings (SSSR count). The van der Waals surface area contributed by atoms with Crippen molar-refractivity contribution >= 4 is 52.0 Å². The summed E-state index contributed by atoms with van der Waals surface area (Å²) >= 11 is 0. The maximum absolute atomic E-state index is 15.3. The van der Waals surface area contributed by atoms with Gasteiger partial charge in [-0.3, -0.25) is 44.2 Å². The van der Waals surface area contributed by atoms with E-state index in [0.717, 1.165) is 23.0 Å². The molecule has 1 aliphatic rings. The fourth-order valence-corrected chi connectivity index (χ4v) is 9.16. The number of para-hydroxylation sites is 1. The van der Waals surface area contributed by atoms with E-state index >= 15 is 4.79 Å². The SMILES string of the molecule is C=CC(C)(C)n1cc(C[C@@H]2NC(=O)C(C/C=C/C)NC(=O)[C@H](CC(C)C)NC(O)[C@H](CC(C)C)N(C)C(=O)[C@H](C)NC(=O)[C@H](Cc3ccc(O)c([N+](=O)[O-])c3)NC(=O)[C@H](CC(C)C)N(C)C2=O)c2ccccc21. The quantitative estimate of drug-likeness (QED) is 0.0608. The molecule has 19 nitrogen and oxygen atoms in total. The van der Waals surface area contributed by atoms with Crippen LogP contribution >= 0.6 is 0 Å². The molecule has 2 unspecified atom stereocenters. The summed E-state index contributed by atoms with van der Waals surface area (Å²) in [5.74, 6) is -5.13. The van der Waals surface area contributed by atoms with Gasteiger partial charge >= 0.3 is 5.69 Å². The minimum atomic E-state index is -1.49. The Labute approximate surface area is 429 Å². The highest BCUT2D eigenvalue weighted by Crippen LogP contribution is 2.31. The van der Waals surface area contributed by atoms with Crippen LogP contribution in [0.2, 0.25) is 0 Å². The number of phenolic OH excluding ortho intramolecular Hbond substituents is 1. The minimum absolute atomic E-state index is 0.0324. The number of phenols is 1. The van der Waals surface area contributed by atoms with E-state index in [0.29, 0.717) is 5.56 Å². The predicted octanol–water partition coefficient (Wildman–Crippen LogP) is 4.97. The van der Waals surface area contributed by atoms with E-state index in [1.54, 1.807) is 25.2 Å². The Morgan fingerprint density at radius 2 is 1.36 bits per heavy atom. The number of benzene rings is 2. The molecule has 73 heavy (non-hydrogen) atoms. The molecule has 1 saturated heterocycles. The number of nitrogens with zero attached hydrogens (tertiary/aromatic N) is 4. The van der Waals surface area contributed by atoms with Gasteiger partial charge in [-0.05, 0) is 94.4 Å². The van der Waals surface area contributed by atoms with Crippen LogP contribution in [0.1, 0.15) is 106 Å². The van der Waals surface area contributed by atoms with Crippen molar-refractivity contribution in [3.8, 4) is 5.75 Å². The first-order chi connectivity index (χ1) is 34.2. The van der Waals surface area contributed by atoms with Gasteiger partial charge in [0.25, 0.3) is 0 Å². The summed E-state index contributed by atoms with van der Waals surface area (Å²) in [5, 5.41) is 49.2. The van der Waals surface area contributed by atoms with Crippen LogP contribution in [-0.2, 0) is 47.1 Å². The Hall–Kier alpha value is -6.60. The smallest absolute Gasteiger partial charge is 0.310 e. The highest BCUT2D eigenvalue weighted by molar-refractivity contribution is 5.97. The molecular weight excluding hydrogens is 935 g/mol. The Kier molecular flexibility index (Phi) is 20.9. The molecule has 19 heteroatoms. The third-order valence-corrected chi connectivity index (χ3v) is 13.4. The zero-order valence-electron chi connectivity index (χ0n) is 44.6. The largest absolute Gasteiger partial charge is 0.502 e. The fourth-order valence-electron chi connectivity index (χ4n) is 9.16. The summed E-state index contributed by atoms with van der Waals surface area (Å²) in [6.07, 6.45) is 5.88. The number of carbonyl (C=O) groups is 6. The number of hydrogen-bond donors (Lipinski definition) is 7. The topological polar surface area (TPSA) is 258 Å². The molecule has 2 aromatic carbocycles. The lowest BCUT2D eigenvalue weighted by Crippen LogP contribution is -2.61. The van der Waals surface area contributed by atoms with E-state index in [1.165, 1.54) is 36.9 Å². The highest BCUT2D eigenvalue weighted by Gasteiger charge is 2.39. The molecule has 3 aromatic rings. The number of aromatic nitrogens is 1. The molecule has 1 aliphatic heterocycles. The van der Waals surface area contributed by atoms with Gasteiger partial charge in [0, 0.05) is 50.1 Å². The lowest BCUT2D eigenvalue weighted by atomic mass is 9.98. The van der Waals surface area contributed by atoms with Crippen molar-refractivity contribution in [2.24, 2.45) is 17.8 Å². The summed E-state index contributed by atoms with van der Waals surface area (Å²) in [6.45, 7) is 22.5. The molecule has 8 atom stereocenters. The van der Waals surface area contributed by atoms with Gasteiger partial charge in [0.15, 0.2) is 5.75 Å². The molecule has 0 spiro atoms. The van der Waals surface area contributed by atoms with Gasteiger partial charge in [-0.15, -0.1) is 6.58 Å². The van der Waals surface area contributed by atoms with Gasteiger partial charge in [-0.1, -0.05) is 84.0 Å². The maximum Gasteiger partial charge on any atom is 0.310 e.